The predicted molar refractivity (Wildman–Crippen MR) is 68.5 cm³/mol. The third-order valence-electron chi connectivity index (χ3n) is 3.47. The molecular weight excluding hydrogens is 230 g/mol. The van der Waals surface area contributed by atoms with E-state index in [4.69, 9.17) is 0 Å². The van der Waals surface area contributed by atoms with Crippen LogP contribution in [0.4, 0.5) is 0 Å². The Labute approximate surface area is 107 Å². The van der Waals surface area contributed by atoms with E-state index in [0.29, 0.717) is 19.5 Å². The molecule has 1 fully saturated rings. The molecule has 1 saturated heterocycles. The van der Waals surface area contributed by atoms with Crippen LogP contribution in [0.2, 0.25) is 0 Å². The van der Waals surface area contributed by atoms with Crippen LogP contribution in [0, 0.1) is 0 Å². The minimum atomic E-state index is -0.812. The fraction of sp³-hybridized carbons (Fsp3) is 0.500. The lowest BCUT2D eigenvalue weighted by atomic mass is 9.99. The average molecular weight is 249 g/mol. The van der Waals surface area contributed by atoms with Crippen LogP contribution in [0.25, 0.3) is 0 Å². The zero-order chi connectivity index (χ0) is 13.2. The van der Waals surface area contributed by atoms with E-state index in [1.807, 2.05) is 35.2 Å². The number of carbonyl (C=O) groups is 1. The van der Waals surface area contributed by atoms with E-state index in [0.717, 1.165) is 12.1 Å². The lowest BCUT2D eigenvalue weighted by Gasteiger charge is -2.22. The maximum absolute atomic E-state index is 11.4. The third-order valence-corrected chi connectivity index (χ3v) is 3.47. The van der Waals surface area contributed by atoms with Crippen molar-refractivity contribution in [2.75, 3.05) is 19.6 Å². The van der Waals surface area contributed by atoms with Gasteiger partial charge in [0, 0.05) is 19.6 Å². The van der Waals surface area contributed by atoms with Gasteiger partial charge < -0.3 is 10.2 Å². The number of aliphatic carboxylic acids is 1. The molecular formula is C14H19NO3. The van der Waals surface area contributed by atoms with Crippen LogP contribution >= 0.6 is 0 Å². The summed E-state index contributed by atoms with van der Waals surface area (Å²) >= 11 is 0. The minimum Gasteiger partial charge on any atom is -0.481 e. The maximum atomic E-state index is 11.4. The maximum Gasteiger partial charge on any atom is 0.312 e. The molecule has 98 valence electrons. The summed E-state index contributed by atoms with van der Waals surface area (Å²) in [4.78, 5) is 13.4. The Morgan fingerprint density at radius 2 is 2.11 bits per heavy atom. The molecule has 2 rings (SSSR count). The summed E-state index contributed by atoms with van der Waals surface area (Å²) in [7, 11) is 0. The van der Waals surface area contributed by atoms with Crippen molar-refractivity contribution in [2.45, 2.75) is 24.9 Å². The van der Waals surface area contributed by atoms with Crippen molar-refractivity contribution < 1.29 is 15.0 Å². The van der Waals surface area contributed by atoms with E-state index in [1.54, 1.807) is 6.92 Å². The van der Waals surface area contributed by atoms with Gasteiger partial charge in [0.05, 0.1) is 11.5 Å². The first kappa shape index (κ1) is 13.1. The van der Waals surface area contributed by atoms with Gasteiger partial charge in [0.1, 0.15) is 0 Å². The molecule has 2 N–H and O–H groups in total. The molecule has 0 amide bonds. The number of carboxylic acids is 1. The summed E-state index contributed by atoms with van der Waals surface area (Å²) in [6, 6.07) is 9.26. The molecule has 0 saturated carbocycles. The van der Waals surface area contributed by atoms with E-state index in [2.05, 4.69) is 0 Å². The average Bonchev–Trinajstić information content (AvgIpc) is 2.66. The fourth-order valence-corrected chi connectivity index (χ4v) is 2.46. The fourth-order valence-electron chi connectivity index (χ4n) is 2.46. The van der Waals surface area contributed by atoms with Gasteiger partial charge in [-0.15, -0.1) is 0 Å². The first-order valence-corrected chi connectivity index (χ1v) is 6.20. The van der Waals surface area contributed by atoms with Crippen LogP contribution in [0.1, 0.15) is 24.8 Å². The molecule has 0 radical (unpaired) electrons. The van der Waals surface area contributed by atoms with Crippen molar-refractivity contribution in [3.05, 3.63) is 35.9 Å². The summed E-state index contributed by atoms with van der Waals surface area (Å²) < 4.78 is 0. The van der Waals surface area contributed by atoms with Crippen LogP contribution in [0.3, 0.4) is 0 Å². The SMILES string of the molecule is CC1(O)CCN(CC(C(=O)O)c2ccccc2)C1. The zero-order valence-corrected chi connectivity index (χ0v) is 10.5. The van der Waals surface area contributed by atoms with Crippen LogP contribution in [-0.4, -0.2) is 46.3 Å². The monoisotopic (exact) mass is 249 g/mol. The molecule has 2 atom stereocenters. The molecule has 1 aromatic carbocycles. The van der Waals surface area contributed by atoms with Crippen molar-refractivity contribution in [3.8, 4) is 0 Å². The van der Waals surface area contributed by atoms with Crippen LogP contribution in [0.15, 0.2) is 30.3 Å². The van der Waals surface area contributed by atoms with Crippen LogP contribution < -0.4 is 0 Å². The number of carboxylic acid groups (broad SMARTS) is 1. The third kappa shape index (κ3) is 3.09. The Bertz CT molecular complexity index is 416. The highest BCUT2D eigenvalue weighted by Crippen LogP contribution is 2.24. The second-order valence-electron chi connectivity index (χ2n) is 5.28. The van der Waals surface area contributed by atoms with Gasteiger partial charge in [-0.1, -0.05) is 30.3 Å². The Kier molecular flexibility index (Phi) is 3.68. The molecule has 4 nitrogen and oxygen atoms in total. The van der Waals surface area contributed by atoms with Gasteiger partial charge in [0.25, 0.3) is 0 Å². The quantitative estimate of drug-likeness (QED) is 0.844. The smallest absolute Gasteiger partial charge is 0.312 e. The largest absolute Gasteiger partial charge is 0.481 e. The van der Waals surface area contributed by atoms with Gasteiger partial charge in [-0.3, -0.25) is 9.69 Å². The van der Waals surface area contributed by atoms with Crippen molar-refractivity contribution >= 4 is 5.97 Å². The first-order valence-electron chi connectivity index (χ1n) is 6.20. The van der Waals surface area contributed by atoms with Crippen molar-refractivity contribution in [1.29, 1.82) is 0 Å². The number of rotatable bonds is 4. The van der Waals surface area contributed by atoms with E-state index < -0.39 is 17.5 Å². The van der Waals surface area contributed by atoms with Crippen LogP contribution in [-0.2, 0) is 4.79 Å². The number of benzene rings is 1. The zero-order valence-electron chi connectivity index (χ0n) is 10.5. The molecule has 1 heterocycles. The molecule has 0 aliphatic carbocycles. The molecule has 1 aliphatic heterocycles. The Morgan fingerprint density at radius 3 is 2.61 bits per heavy atom. The number of aliphatic hydroxyl groups is 1. The van der Waals surface area contributed by atoms with Crippen LogP contribution in [0.5, 0.6) is 0 Å². The highest BCUT2D eigenvalue weighted by molar-refractivity contribution is 5.76. The van der Waals surface area contributed by atoms with Gasteiger partial charge >= 0.3 is 5.97 Å². The van der Waals surface area contributed by atoms with Gasteiger partial charge in [0.2, 0.25) is 0 Å². The summed E-state index contributed by atoms with van der Waals surface area (Å²) in [5.41, 5.74) is 0.135. The van der Waals surface area contributed by atoms with Gasteiger partial charge in [-0.2, -0.15) is 0 Å². The molecule has 0 spiro atoms. The van der Waals surface area contributed by atoms with Crippen molar-refractivity contribution in [2.24, 2.45) is 0 Å². The van der Waals surface area contributed by atoms with Crippen molar-refractivity contribution in [3.63, 3.8) is 0 Å². The molecule has 2 unspecified atom stereocenters. The van der Waals surface area contributed by atoms with E-state index >= 15 is 0 Å². The first-order chi connectivity index (χ1) is 8.48. The number of nitrogens with zero attached hydrogens (tertiary/aromatic N) is 1. The highest BCUT2D eigenvalue weighted by atomic mass is 16.4. The standard InChI is InChI=1S/C14H19NO3/c1-14(18)7-8-15(10-14)9-12(13(16)17)11-5-3-2-4-6-11/h2-6,12,18H,7-10H2,1H3,(H,16,17). The number of β-amino-alcohol motifs (C(OH)–C–C–N with tert-alkyl or cyclic N) is 1. The normalized spacial score (nSPS) is 26.1. The molecule has 1 aromatic rings. The Hall–Kier alpha value is -1.39. The highest BCUT2D eigenvalue weighted by Gasteiger charge is 2.33. The number of likely N-dealkylation sites (tertiary alicyclic amines) is 1. The molecule has 0 aromatic heterocycles. The van der Waals surface area contributed by atoms with E-state index in [-0.39, 0.29) is 0 Å². The summed E-state index contributed by atoms with van der Waals surface area (Å²) in [6.07, 6.45) is 0.703. The van der Waals surface area contributed by atoms with Gasteiger partial charge in [-0.25, -0.2) is 0 Å². The Balaban J connectivity index is 2.07. The molecule has 18 heavy (non-hydrogen) atoms. The summed E-state index contributed by atoms with van der Waals surface area (Å²) in [5, 5.41) is 19.2. The lowest BCUT2D eigenvalue weighted by Crippen LogP contribution is -2.34. The molecule has 4 heteroatoms. The summed E-state index contributed by atoms with van der Waals surface area (Å²) in [5.74, 6) is -1.34. The Morgan fingerprint density at radius 1 is 1.44 bits per heavy atom. The molecule has 0 bridgehead atoms. The van der Waals surface area contributed by atoms with E-state index in [9.17, 15) is 15.0 Å². The lowest BCUT2D eigenvalue weighted by molar-refractivity contribution is -0.139. The minimum absolute atomic E-state index is 0.454. The predicted octanol–water partition coefficient (Wildman–Crippen LogP) is 1.31. The molecule has 1 aliphatic rings. The second kappa shape index (κ2) is 5.08. The van der Waals surface area contributed by atoms with Gasteiger partial charge in [0.15, 0.2) is 0 Å². The number of hydrogen-bond acceptors (Lipinski definition) is 3. The van der Waals surface area contributed by atoms with Crippen molar-refractivity contribution in [1.82, 2.24) is 4.90 Å². The topological polar surface area (TPSA) is 60.8 Å². The van der Waals surface area contributed by atoms with E-state index in [1.165, 1.54) is 0 Å². The second-order valence-corrected chi connectivity index (χ2v) is 5.28. The van der Waals surface area contributed by atoms with Gasteiger partial charge in [-0.05, 0) is 18.9 Å². The summed E-state index contributed by atoms with van der Waals surface area (Å²) in [6.45, 7) is 3.55. The number of hydrogen-bond donors (Lipinski definition) is 2.